The first-order valence-electron chi connectivity index (χ1n) is 8.25. The largest absolute Gasteiger partial charge is 0.462 e. The molecule has 0 spiro atoms. The minimum absolute atomic E-state index is 0.0244. The van der Waals surface area contributed by atoms with Gasteiger partial charge in [0.15, 0.2) is 0 Å². The maximum Gasteiger partial charge on any atom is 0.338 e. The van der Waals surface area contributed by atoms with Gasteiger partial charge in [-0.1, -0.05) is 19.8 Å². The number of nitro groups is 1. The lowest BCUT2D eigenvalue weighted by molar-refractivity contribution is -0.384. The Morgan fingerprint density at radius 1 is 1.00 bits per heavy atom. The molecule has 0 heterocycles. The molecule has 0 unspecified atom stereocenters. The van der Waals surface area contributed by atoms with E-state index in [9.17, 15) is 19.7 Å². The topological polar surface area (TPSA) is 86.5 Å². The lowest BCUT2D eigenvalue weighted by Gasteiger charge is -2.05. The number of hydrogen-bond donors (Lipinski definition) is 0. The van der Waals surface area contributed by atoms with Crippen LogP contribution in [0.25, 0.3) is 0 Å². The van der Waals surface area contributed by atoms with Gasteiger partial charge in [0, 0.05) is 22.6 Å². The van der Waals surface area contributed by atoms with Crippen LogP contribution in [0, 0.1) is 10.1 Å². The molecule has 2 aromatic carbocycles. The summed E-state index contributed by atoms with van der Waals surface area (Å²) in [6, 6.07) is 12.0. The van der Waals surface area contributed by atoms with E-state index in [-0.39, 0.29) is 10.8 Å². The second kappa shape index (κ2) is 9.72. The zero-order valence-electron chi connectivity index (χ0n) is 14.3. The molecular weight excluding hydrogens is 354 g/mol. The molecule has 0 atom stereocenters. The maximum atomic E-state index is 12.3. The molecule has 2 rings (SSSR count). The summed E-state index contributed by atoms with van der Waals surface area (Å²) >= 11 is 0.973. The van der Waals surface area contributed by atoms with Gasteiger partial charge in [0.05, 0.1) is 17.1 Å². The summed E-state index contributed by atoms with van der Waals surface area (Å²) in [6.45, 7) is 2.47. The fourth-order valence-electron chi connectivity index (χ4n) is 2.14. The van der Waals surface area contributed by atoms with Crippen molar-refractivity contribution in [2.24, 2.45) is 0 Å². The van der Waals surface area contributed by atoms with E-state index in [0.717, 1.165) is 31.0 Å². The highest BCUT2D eigenvalue weighted by molar-refractivity contribution is 8.14. The normalized spacial score (nSPS) is 10.3. The fraction of sp³-hybridized carbons (Fsp3) is 0.263. The highest BCUT2D eigenvalue weighted by Crippen LogP contribution is 2.25. The second-order valence-corrected chi connectivity index (χ2v) is 6.61. The molecule has 0 saturated heterocycles. The number of esters is 1. The molecule has 0 aliphatic rings. The van der Waals surface area contributed by atoms with E-state index in [1.54, 1.807) is 24.3 Å². The van der Waals surface area contributed by atoms with E-state index in [2.05, 4.69) is 6.92 Å². The SMILES string of the molecule is CCCCCOC(=O)c1ccc(C(=O)Sc2ccc([N+](=O)[O-])cc2)cc1. The van der Waals surface area contributed by atoms with Gasteiger partial charge in [-0.15, -0.1) is 0 Å². The monoisotopic (exact) mass is 373 g/mol. The molecule has 7 heteroatoms. The van der Waals surface area contributed by atoms with Crippen LogP contribution in [0.4, 0.5) is 5.69 Å². The standard InChI is InChI=1S/C19H19NO5S/c1-2-3-4-13-25-18(21)14-5-7-15(8-6-14)19(22)26-17-11-9-16(10-12-17)20(23)24/h5-12H,2-4,13H2,1H3. The third kappa shape index (κ3) is 5.70. The van der Waals surface area contributed by atoms with Crippen molar-refractivity contribution in [3.05, 3.63) is 69.8 Å². The van der Waals surface area contributed by atoms with E-state index in [0.29, 0.717) is 22.6 Å². The molecule has 0 aliphatic carbocycles. The van der Waals surface area contributed by atoms with Crippen molar-refractivity contribution >= 4 is 28.5 Å². The Kier molecular flexibility index (Phi) is 7.35. The Morgan fingerprint density at radius 3 is 2.19 bits per heavy atom. The van der Waals surface area contributed by atoms with Crippen LogP contribution in [0.2, 0.25) is 0 Å². The van der Waals surface area contributed by atoms with Gasteiger partial charge in [-0.3, -0.25) is 14.9 Å². The zero-order chi connectivity index (χ0) is 18.9. The van der Waals surface area contributed by atoms with Gasteiger partial charge < -0.3 is 4.74 Å². The lowest BCUT2D eigenvalue weighted by atomic mass is 10.1. The number of nitrogens with zero attached hydrogens (tertiary/aromatic N) is 1. The van der Waals surface area contributed by atoms with Gasteiger partial charge in [0.25, 0.3) is 5.69 Å². The first-order valence-corrected chi connectivity index (χ1v) is 9.06. The summed E-state index contributed by atoms with van der Waals surface area (Å²) in [4.78, 5) is 34.9. The molecule has 0 amide bonds. The van der Waals surface area contributed by atoms with E-state index in [1.807, 2.05) is 0 Å². The summed E-state index contributed by atoms with van der Waals surface area (Å²) in [7, 11) is 0. The molecule has 0 aliphatic heterocycles. The first-order chi connectivity index (χ1) is 12.5. The number of thioether (sulfide) groups is 1. The predicted molar refractivity (Wildman–Crippen MR) is 99.5 cm³/mol. The number of carbonyl (C=O) groups excluding carboxylic acids is 2. The molecule has 6 nitrogen and oxygen atoms in total. The van der Waals surface area contributed by atoms with Crippen LogP contribution in [0.1, 0.15) is 46.9 Å². The summed E-state index contributed by atoms with van der Waals surface area (Å²) in [5.74, 6) is -0.400. The number of benzene rings is 2. The first kappa shape index (κ1) is 19.7. The summed E-state index contributed by atoms with van der Waals surface area (Å²) in [5, 5.41) is 10.4. The molecular formula is C19H19NO5S. The average molecular weight is 373 g/mol. The number of carbonyl (C=O) groups is 2. The van der Waals surface area contributed by atoms with Crippen LogP contribution >= 0.6 is 11.8 Å². The van der Waals surface area contributed by atoms with Crippen molar-refractivity contribution < 1.29 is 19.2 Å². The van der Waals surface area contributed by atoms with Crippen LogP contribution in [-0.4, -0.2) is 22.6 Å². The van der Waals surface area contributed by atoms with Crippen LogP contribution in [0.5, 0.6) is 0 Å². The van der Waals surface area contributed by atoms with Crippen molar-refractivity contribution in [3.63, 3.8) is 0 Å². The number of ether oxygens (including phenoxy) is 1. The van der Waals surface area contributed by atoms with E-state index in [1.165, 1.54) is 24.3 Å². The van der Waals surface area contributed by atoms with Crippen LogP contribution < -0.4 is 0 Å². The third-order valence-corrected chi connectivity index (χ3v) is 4.52. The molecule has 2 aromatic rings. The zero-order valence-corrected chi connectivity index (χ0v) is 15.2. The van der Waals surface area contributed by atoms with Crippen molar-refractivity contribution in [1.82, 2.24) is 0 Å². The second-order valence-electron chi connectivity index (χ2n) is 5.56. The molecule has 26 heavy (non-hydrogen) atoms. The highest BCUT2D eigenvalue weighted by atomic mass is 32.2. The summed E-state index contributed by atoms with van der Waals surface area (Å²) in [6.07, 6.45) is 2.91. The van der Waals surface area contributed by atoms with Crippen molar-refractivity contribution in [3.8, 4) is 0 Å². The third-order valence-electron chi connectivity index (χ3n) is 3.60. The Bertz CT molecular complexity index is 772. The van der Waals surface area contributed by atoms with Gasteiger partial charge >= 0.3 is 5.97 Å². The molecule has 0 bridgehead atoms. The van der Waals surface area contributed by atoms with E-state index in [4.69, 9.17) is 4.74 Å². The Hall–Kier alpha value is -2.67. The minimum atomic E-state index is -0.490. The Morgan fingerprint density at radius 2 is 1.62 bits per heavy atom. The highest BCUT2D eigenvalue weighted by Gasteiger charge is 2.12. The molecule has 0 saturated carbocycles. The number of non-ortho nitro benzene ring substituents is 1. The molecule has 136 valence electrons. The van der Waals surface area contributed by atoms with Crippen LogP contribution in [0.15, 0.2) is 53.4 Å². The predicted octanol–water partition coefficient (Wildman–Crippen LogP) is 4.87. The van der Waals surface area contributed by atoms with Crippen LogP contribution in [0.3, 0.4) is 0 Å². The summed E-state index contributed by atoms with van der Waals surface area (Å²) in [5.41, 5.74) is 0.817. The fourth-order valence-corrected chi connectivity index (χ4v) is 2.88. The summed E-state index contributed by atoms with van der Waals surface area (Å²) < 4.78 is 5.17. The Labute approximate surface area is 155 Å². The molecule has 0 radical (unpaired) electrons. The molecule has 0 N–H and O–H groups in total. The number of rotatable bonds is 8. The molecule has 0 fully saturated rings. The number of unbranched alkanes of at least 4 members (excludes halogenated alkanes) is 2. The van der Waals surface area contributed by atoms with Gasteiger partial charge in [-0.25, -0.2) is 4.79 Å². The van der Waals surface area contributed by atoms with Crippen molar-refractivity contribution in [2.75, 3.05) is 6.61 Å². The quantitative estimate of drug-likeness (QED) is 0.216. The maximum absolute atomic E-state index is 12.3. The van der Waals surface area contributed by atoms with Crippen molar-refractivity contribution in [2.45, 2.75) is 31.1 Å². The minimum Gasteiger partial charge on any atom is -0.462 e. The van der Waals surface area contributed by atoms with Crippen molar-refractivity contribution in [1.29, 1.82) is 0 Å². The number of hydrogen-bond acceptors (Lipinski definition) is 6. The lowest BCUT2D eigenvalue weighted by Crippen LogP contribution is -2.06. The van der Waals surface area contributed by atoms with E-state index < -0.39 is 10.9 Å². The Balaban J connectivity index is 1.93. The van der Waals surface area contributed by atoms with Gasteiger partial charge in [0.2, 0.25) is 5.12 Å². The van der Waals surface area contributed by atoms with Crippen LogP contribution in [-0.2, 0) is 4.74 Å². The van der Waals surface area contributed by atoms with E-state index >= 15 is 0 Å². The molecule has 0 aromatic heterocycles. The smallest absolute Gasteiger partial charge is 0.338 e. The van der Waals surface area contributed by atoms with Gasteiger partial charge in [-0.2, -0.15) is 0 Å². The average Bonchev–Trinajstić information content (AvgIpc) is 2.65. The van der Waals surface area contributed by atoms with Gasteiger partial charge in [-0.05, 0) is 54.6 Å². The number of nitro benzene ring substituents is 1. The van der Waals surface area contributed by atoms with Gasteiger partial charge in [0.1, 0.15) is 0 Å².